The highest BCUT2D eigenvalue weighted by Crippen LogP contribution is 2.33. The molecule has 1 unspecified atom stereocenters. The summed E-state index contributed by atoms with van der Waals surface area (Å²) in [5.74, 6) is -1.62. The van der Waals surface area contributed by atoms with E-state index in [1.54, 1.807) is 30.5 Å². The van der Waals surface area contributed by atoms with Crippen LogP contribution in [-0.2, 0) is 9.59 Å². The fourth-order valence-electron chi connectivity index (χ4n) is 2.33. The van der Waals surface area contributed by atoms with E-state index in [0.29, 0.717) is 10.9 Å². The highest BCUT2D eigenvalue weighted by atomic mass is 79.9. The highest BCUT2D eigenvalue weighted by molar-refractivity contribution is 9.10. The molecule has 1 atom stereocenters. The van der Waals surface area contributed by atoms with Crippen molar-refractivity contribution >= 4 is 56.6 Å². The molecule has 3 rings (SSSR count). The van der Waals surface area contributed by atoms with Gasteiger partial charge in [0.2, 0.25) is 5.91 Å². The van der Waals surface area contributed by atoms with E-state index in [-0.39, 0.29) is 12.3 Å². The van der Waals surface area contributed by atoms with E-state index in [4.69, 9.17) is 0 Å². The first-order valence-corrected chi connectivity index (χ1v) is 9.34. The molecule has 0 N–H and O–H groups in total. The summed E-state index contributed by atoms with van der Waals surface area (Å²) in [5.41, 5.74) is 1.47. The van der Waals surface area contributed by atoms with Gasteiger partial charge >= 0.3 is 0 Å². The number of carboxylic acids is 1. The molecule has 0 saturated carbocycles. The van der Waals surface area contributed by atoms with Crippen molar-refractivity contribution in [2.75, 3.05) is 4.90 Å². The van der Waals surface area contributed by atoms with Crippen molar-refractivity contribution in [3.05, 3.63) is 64.6 Å². The first-order chi connectivity index (χ1) is 12.5. The maximum absolute atomic E-state index is 12.6. The first kappa shape index (κ1) is 18.3. The van der Waals surface area contributed by atoms with Crippen molar-refractivity contribution in [2.24, 2.45) is 10.2 Å². The predicted octanol–water partition coefficient (Wildman–Crippen LogP) is 2.43. The summed E-state index contributed by atoms with van der Waals surface area (Å²) in [6, 6.07) is 16.4. The Balaban J connectivity index is 1.87. The van der Waals surface area contributed by atoms with Gasteiger partial charge in [-0.15, -0.1) is 5.10 Å². The van der Waals surface area contributed by atoms with Crippen LogP contribution in [0.25, 0.3) is 0 Å². The molecule has 26 heavy (non-hydrogen) atoms. The maximum Gasteiger partial charge on any atom is 0.247 e. The number of nitrogens with zero attached hydrogens (tertiary/aromatic N) is 3. The SMILES string of the molecule is O=C([O-])CC1SC(=NN=Cc2ccc(Br)cc2)N(c2ccccc2)C1=O. The van der Waals surface area contributed by atoms with Gasteiger partial charge in [0.25, 0.3) is 0 Å². The number of amides is 1. The molecule has 1 aliphatic heterocycles. The van der Waals surface area contributed by atoms with Gasteiger partial charge in [0.05, 0.1) is 17.2 Å². The molecule has 8 heteroatoms. The van der Waals surface area contributed by atoms with Crippen LogP contribution in [0.1, 0.15) is 12.0 Å². The lowest BCUT2D eigenvalue weighted by Crippen LogP contribution is -2.35. The molecule has 1 amide bonds. The van der Waals surface area contributed by atoms with E-state index in [1.807, 2.05) is 30.3 Å². The molecular weight excluding hydrogens is 418 g/mol. The summed E-state index contributed by atoms with van der Waals surface area (Å²) in [4.78, 5) is 24.9. The third kappa shape index (κ3) is 4.39. The number of benzene rings is 2. The minimum atomic E-state index is -1.27. The molecule has 2 aromatic rings. The van der Waals surface area contributed by atoms with Crippen molar-refractivity contribution < 1.29 is 14.7 Å². The van der Waals surface area contributed by atoms with Crippen LogP contribution in [0.4, 0.5) is 5.69 Å². The Kier molecular flexibility index (Phi) is 5.85. The molecule has 1 aliphatic rings. The molecule has 1 saturated heterocycles. The summed E-state index contributed by atoms with van der Waals surface area (Å²) in [6.07, 6.45) is 1.20. The van der Waals surface area contributed by atoms with Crippen LogP contribution in [0.3, 0.4) is 0 Å². The van der Waals surface area contributed by atoms with E-state index in [1.165, 1.54) is 4.90 Å². The molecule has 0 radical (unpaired) electrons. The Morgan fingerprint density at radius 1 is 1.19 bits per heavy atom. The molecule has 0 spiro atoms. The number of rotatable bonds is 5. The molecule has 1 fully saturated rings. The number of para-hydroxylation sites is 1. The fraction of sp³-hybridized carbons (Fsp3) is 0.111. The zero-order chi connectivity index (χ0) is 18.5. The standard InChI is InChI=1S/C18H14BrN3O3S/c19-13-8-6-12(7-9-13)11-20-21-18-22(14-4-2-1-3-5-14)17(25)15(26-18)10-16(23)24/h1-9,11,15H,10H2,(H,23,24)/p-1. The average molecular weight is 431 g/mol. The van der Waals surface area contributed by atoms with Crippen LogP contribution >= 0.6 is 27.7 Å². The van der Waals surface area contributed by atoms with Crippen molar-refractivity contribution in [2.45, 2.75) is 11.7 Å². The van der Waals surface area contributed by atoms with Crippen LogP contribution in [-0.4, -0.2) is 28.5 Å². The molecule has 6 nitrogen and oxygen atoms in total. The lowest BCUT2D eigenvalue weighted by Gasteiger charge is -2.15. The zero-order valence-corrected chi connectivity index (χ0v) is 15.8. The predicted molar refractivity (Wildman–Crippen MR) is 104 cm³/mol. The van der Waals surface area contributed by atoms with Crippen LogP contribution in [0.15, 0.2) is 69.3 Å². The van der Waals surface area contributed by atoms with E-state index in [0.717, 1.165) is 21.8 Å². The number of carboxylic acid groups (broad SMARTS) is 1. The number of anilines is 1. The Hall–Kier alpha value is -2.45. The van der Waals surface area contributed by atoms with E-state index in [9.17, 15) is 14.7 Å². The van der Waals surface area contributed by atoms with Crippen LogP contribution < -0.4 is 10.0 Å². The van der Waals surface area contributed by atoms with Crippen LogP contribution in [0, 0.1) is 0 Å². The Morgan fingerprint density at radius 2 is 1.88 bits per heavy atom. The van der Waals surface area contributed by atoms with Crippen LogP contribution in [0.5, 0.6) is 0 Å². The van der Waals surface area contributed by atoms with Gasteiger partial charge in [0.15, 0.2) is 5.17 Å². The summed E-state index contributed by atoms with van der Waals surface area (Å²) >= 11 is 4.43. The molecule has 1 heterocycles. The second-order valence-electron chi connectivity index (χ2n) is 5.37. The molecular formula is C18H13BrN3O3S-. The van der Waals surface area contributed by atoms with E-state index >= 15 is 0 Å². The fourth-order valence-corrected chi connectivity index (χ4v) is 3.67. The monoisotopic (exact) mass is 430 g/mol. The minimum absolute atomic E-state index is 0.334. The number of aliphatic carboxylic acids is 1. The Bertz CT molecular complexity index is 869. The molecule has 0 aliphatic carbocycles. The van der Waals surface area contributed by atoms with Gasteiger partial charge in [-0.2, -0.15) is 5.10 Å². The largest absolute Gasteiger partial charge is 0.550 e. The molecule has 0 bridgehead atoms. The summed E-state index contributed by atoms with van der Waals surface area (Å²) in [5, 5.41) is 18.6. The lowest BCUT2D eigenvalue weighted by atomic mass is 10.2. The lowest BCUT2D eigenvalue weighted by molar-refractivity contribution is -0.305. The van der Waals surface area contributed by atoms with Crippen molar-refractivity contribution in [3.63, 3.8) is 0 Å². The zero-order valence-electron chi connectivity index (χ0n) is 13.4. The second kappa shape index (κ2) is 8.29. The smallest absolute Gasteiger partial charge is 0.247 e. The number of hydrogen-bond acceptors (Lipinski definition) is 6. The van der Waals surface area contributed by atoms with Gasteiger partial charge < -0.3 is 9.90 Å². The Labute approximate surface area is 162 Å². The Morgan fingerprint density at radius 3 is 2.54 bits per heavy atom. The number of hydrogen-bond donors (Lipinski definition) is 0. The van der Waals surface area contributed by atoms with Crippen molar-refractivity contribution in [1.29, 1.82) is 0 Å². The van der Waals surface area contributed by atoms with E-state index < -0.39 is 11.2 Å². The molecule has 2 aromatic carbocycles. The minimum Gasteiger partial charge on any atom is -0.550 e. The normalized spacial score (nSPS) is 18.8. The second-order valence-corrected chi connectivity index (χ2v) is 7.46. The van der Waals surface area contributed by atoms with Crippen molar-refractivity contribution in [3.8, 4) is 0 Å². The van der Waals surface area contributed by atoms with Gasteiger partial charge in [-0.25, -0.2) is 0 Å². The number of amidine groups is 1. The summed E-state index contributed by atoms with van der Waals surface area (Å²) < 4.78 is 0.957. The van der Waals surface area contributed by atoms with Gasteiger partial charge in [0, 0.05) is 16.9 Å². The van der Waals surface area contributed by atoms with E-state index in [2.05, 4.69) is 26.1 Å². The number of halogens is 1. The maximum atomic E-state index is 12.6. The number of carbonyl (C=O) groups is 2. The topological polar surface area (TPSA) is 85.2 Å². The van der Waals surface area contributed by atoms with Crippen LogP contribution in [0.2, 0.25) is 0 Å². The van der Waals surface area contributed by atoms with Gasteiger partial charge in [-0.1, -0.05) is 58.0 Å². The highest BCUT2D eigenvalue weighted by Gasteiger charge is 2.39. The molecule has 0 aromatic heterocycles. The molecule has 132 valence electrons. The van der Waals surface area contributed by atoms with Gasteiger partial charge in [-0.05, 0) is 29.8 Å². The summed E-state index contributed by atoms with van der Waals surface area (Å²) in [6.45, 7) is 0. The third-order valence-corrected chi connectivity index (χ3v) is 5.18. The van der Waals surface area contributed by atoms with Crippen molar-refractivity contribution in [1.82, 2.24) is 0 Å². The number of thioether (sulfide) groups is 1. The van der Waals surface area contributed by atoms with Gasteiger partial charge in [-0.3, -0.25) is 9.69 Å². The quantitative estimate of drug-likeness (QED) is 0.538. The number of carbonyl (C=O) groups excluding carboxylic acids is 2. The third-order valence-electron chi connectivity index (χ3n) is 3.52. The first-order valence-electron chi connectivity index (χ1n) is 7.67. The van der Waals surface area contributed by atoms with Gasteiger partial charge in [0.1, 0.15) is 0 Å². The summed E-state index contributed by atoms with van der Waals surface area (Å²) in [7, 11) is 0. The average Bonchev–Trinajstić information content (AvgIpc) is 2.92.